The van der Waals surface area contributed by atoms with E-state index in [0.29, 0.717) is 24.9 Å². The van der Waals surface area contributed by atoms with Gasteiger partial charge in [0.15, 0.2) is 0 Å². The molecule has 1 atom stereocenters. The maximum Gasteiger partial charge on any atom is 0.257 e. The van der Waals surface area contributed by atoms with Crippen molar-refractivity contribution in [1.82, 2.24) is 19.7 Å². The van der Waals surface area contributed by atoms with E-state index in [9.17, 15) is 4.79 Å². The van der Waals surface area contributed by atoms with Crippen molar-refractivity contribution < 1.29 is 14.3 Å². The summed E-state index contributed by atoms with van der Waals surface area (Å²) in [7, 11) is 1.87. The molecule has 2 saturated heterocycles. The zero-order valence-electron chi connectivity index (χ0n) is 15.0. The van der Waals surface area contributed by atoms with E-state index in [1.54, 1.807) is 10.9 Å². The number of aromatic nitrogens is 3. The Bertz CT molecular complexity index is 755. The molecule has 0 N–H and O–H groups in total. The van der Waals surface area contributed by atoms with Crippen molar-refractivity contribution in [2.24, 2.45) is 7.05 Å². The van der Waals surface area contributed by atoms with Gasteiger partial charge in [0.1, 0.15) is 6.10 Å². The molecule has 7 nitrogen and oxygen atoms in total. The van der Waals surface area contributed by atoms with Gasteiger partial charge in [-0.2, -0.15) is 5.10 Å². The summed E-state index contributed by atoms with van der Waals surface area (Å²) >= 11 is 0. The van der Waals surface area contributed by atoms with Crippen LogP contribution in [0, 0.1) is 0 Å². The molecule has 4 heterocycles. The number of aryl methyl sites for hydroxylation is 1. The fraction of sp³-hybridized carbons (Fsp3) is 0.526. The van der Waals surface area contributed by atoms with Gasteiger partial charge < -0.3 is 14.4 Å². The van der Waals surface area contributed by atoms with Gasteiger partial charge in [-0.05, 0) is 18.9 Å². The molecule has 2 aromatic heterocycles. The minimum absolute atomic E-state index is 0.0166. The molecule has 2 aromatic rings. The molecule has 0 aromatic carbocycles. The highest BCUT2D eigenvalue weighted by Gasteiger charge is 2.32. The van der Waals surface area contributed by atoms with Gasteiger partial charge in [-0.1, -0.05) is 6.07 Å². The third kappa shape index (κ3) is 3.58. The van der Waals surface area contributed by atoms with Crippen LogP contribution in [0.4, 0.5) is 0 Å². The van der Waals surface area contributed by atoms with E-state index in [4.69, 9.17) is 9.47 Å². The van der Waals surface area contributed by atoms with Gasteiger partial charge in [0.05, 0.1) is 17.8 Å². The standard InChI is InChI=1S/C19H24N4O3/c1-22-13-16(18(21-22)14-6-10-25-11-7-14)19(24)23-9-5-15(12-23)26-17-4-2-3-8-20-17/h2-4,8,13-15H,5-7,9-12H2,1H3. The number of ether oxygens (including phenoxy) is 2. The highest BCUT2D eigenvalue weighted by Crippen LogP contribution is 2.29. The molecule has 2 aliphatic heterocycles. The Morgan fingerprint density at radius 3 is 2.88 bits per heavy atom. The lowest BCUT2D eigenvalue weighted by molar-refractivity contribution is 0.0753. The first-order valence-corrected chi connectivity index (χ1v) is 9.19. The Hall–Kier alpha value is -2.41. The number of nitrogens with zero attached hydrogens (tertiary/aromatic N) is 4. The van der Waals surface area contributed by atoms with Gasteiger partial charge in [0.25, 0.3) is 5.91 Å². The number of hydrogen-bond donors (Lipinski definition) is 0. The maximum absolute atomic E-state index is 13.1. The highest BCUT2D eigenvalue weighted by atomic mass is 16.5. The molecule has 0 aliphatic carbocycles. The van der Waals surface area contributed by atoms with Crippen molar-refractivity contribution in [2.75, 3.05) is 26.3 Å². The van der Waals surface area contributed by atoms with Crippen LogP contribution >= 0.6 is 0 Å². The molecule has 0 saturated carbocycles. The van der Waals surface area contributed by atoms with Crippen LogP contribution in [0.25, 0.3) is 0 Å². The van der Waals surface area contributed by atoms with E-state index in [1.807, 2.05) is 36.3 Å². The van der Waals surface area contributed by atoms with Crippen LogP contribution in [0.5, 0.6) is 5.88 Å². The second-order valence-corrected chi connectivity index (χ2v) is 6.94. The molecular weight excluding hydrogens is 332 g/mol. The van der Waals surface area contributed by atoms with E-state index in [-0.39, 0.29) is 12.0 Å². The first-order chi connectivity index (χ1) is 12.7. The van der Waals surface area contributed by atoms with E-state index < -0.39 is 0 Å². The lowest BCUT2D eigenvalue weighted by Gasteiger charge is -2.22. The molecule has 26 heavy (non-hydrogen) atoms. The molecule has 1 amide bonds. The lowest BCUT2D eigenvalue weighted by Crippen LogP contribution is -2.32. The maximum atomic E-state index is 13.1. The normalized spacial score (nSPS) is 21.1. The molecule has 138 valence electrons. The Morgan fingerprint density at radius 1 is 1.27 bits per heavy atom. The third-order valence-corrected chi connectivity index (χ3v) is 5.05. The van der Waals surface area contributed by atoms with Crippen molar-refractivity contribution in [2.45, 2.75) is 31.3 Å². The molecular formula is C19H24N4O3. The summed E-state index contributed by atoms with van der Waals surface area (Å²) in [6, 6.07) is 5.60. The monoisotopic (exact) mass is 356 g/mol. The summed E-state index contributed by atoms with van der Waals surface area (Å²) < 4.78 is 13.1. The van der Waals surface area contributed by atoms with Crippen LogP contribution in [0.3, 0.4) is 0 Å². The van der Waals surface area contributed by atoms with E-state index in [0.717, 1.165) is 43.7 Å². The number of amides is 1. The Balaban J connectivity index is 1.45. The summed E-state index contributed by atoms with van der Waals surface area (Å²) in [5.41, 5.74) is 1.63. The molecule has 7 heteroatoms. The number of pyridine rings is 1. The van der Waals surface area contributed by atoms with Gasteiger partial charge in [-0.3, -0.25) is 9.48 Å². The average molecular weight is 356 g/mol. The van der Waals surface area contributed by atoms with Gasteiger partial charge >= 0.3 is 0 Å². The summed E-state index contributed by atoms with van der Waals surface area (Å²) in [5.74, 6) is 0.954. The Kier molecular flexibility index (Phi) is 4.88. The minimum Gasteiger partial charge on any atom is -0.472 e. The molecule has 0 bridgehead atoms. The van der Waals surface area contributed by atoms with Crippen LogP contribution in [-0.4, -0.2) is 58.0 Å². The summed E-state index contributed by atoms with van der Waals surface area (Å²) in [6.45, 7) is 2.74. The van der Waals surface area contributed by atoms with Gasteiger partial charge in [-0.15, -0.1) is 0 Å². The van der Waals surface area contributed by atoms with Gasteiger partial charge in [-0.25, -0.2) is 4.98 Å². The fourth-order valence-corrected chi connectivity index (χ4v) is 3.71. The van der Waals surface area contributed by atoms with Crippen LogP contribution in [-0.2, 0) is 11.8 Å². The Morgan fingerprint density at radius 2 is 2.12 bits per heavy atom. The number of hydrogen-bond acceptors (Lipinski definition) is 5. The summed E-state index contributed by atoms with van der Waals surface area (Å²) in [5, 5.41) is 4.59. The zero-order chi connectivity index (χ0) is 17.9. The first kappa shape index (κ1) is 17.0. The highest BCUT2D eigenvalue weighted by molar-refractivity contribution is 5.95. The molecule has 4 rings (SSSR count). The summed E-state index contributed by atoms with van der Waals surface area (Å²) in [4.78, 5) is 19.2. The zero-order valence-corrected chi connectivity index (χ0v) is 15.0. The first-order valence-electron chi connectivity index (χ1n) is 9.19. The predicted octanol–water partition coefficient (Wildman–Crippen LogP) is 2.00. The quantitative estimate of drug-likeness (QED) is 0.838. The van der Waals surface area contributed by atoms with Crippen molar-refractivity contribution >= 4 is 5.91 Å². The van der Waals surface area contributed by atoms with Crippen LogP contribution in [0.15, 0.2) is 30.6 Å². The van der Waals surface area contributed by atoms with E-state index in [1.165, 1.54) is 0 Å². The second kappa shape index (κ2) is 7.45. The molecule has 0 spiro atoms. The van der Waals surface area contributed by atoms with Crippen molar-refractivity contribution in [3.8, 4) is 5.88 Å². The fourth-order valence-electron chi connectivity index (χ4n) is 3.71. The number of rotatable bonds is 4. The van der Waals surface area contributed by atoms with Gasteiger partial charge in [0.2, 0.25) is 5.88 Å². The van der Waals surface area contributed by atoms with Crippen LogP contribution < -0.4 is 4.74 Å². The number of carbonyl (C=O) groups is 1. The van der Waals surface area contributed by atoms with Crippen molar-refractivity contribution in [3.05, 3.63) is 41.9 Å². The van der Waals surface area contributed by atoms with Crippen molar-refractivity contribution in [1.29, 1.82) is 0 Å². The Labute approximate surface area is 152 Å². The predicted molar refractivity (Wildman–Crippen MR) is 95.2 cm³/mol. The van der Waals surface area contributed by atoms with E-state index >= 15 is 0 Å². The topological polar surface area (TPSA) is 69.5 Å². The second-order valence-electron chi connectivity index (χ2n) is 6.94. The molecule has 0 radical (unpaired) electrons. The molecule has 2 aliphatic rings. The largest absolute Gasteiger partial charge is 0.472 e. The smallest absolute Gasteiger partial charge is 0.257 e. The average Bonchev–Trinajstić information content (AvgIpc) is 3.29. The lowest BCUT2D eigenvalue weighted by atomic mass is 9.93. The van der Waals surface area contributed by atoms with Crippen molar-refractivity contribution in [3.63, 3.8) is 0 Å². The molecule has 2 fully saturated rings. The van der Waals surface area contributed by atoms with E-state index in [2.05, 4.69) is 10.1 Å². The summed E-state index contributed by atoms with van der Waals surface area (Å²) in [6.07, 6.45) is 6.20. The third-order valence-electron chi connectivity index (χ3n) is 5.05. The number of likely N-dealkylation sites (tertiary alicyclic amines) is 1. The minimum atomic E-state index is -0.0166. The SMILES string of the molecule is Cn1cc(C(=O)N2CCC(Oc3ccccn3)C2)c(C2CCOCC2)n1. The number of carbonyl (C=O) groups excluding carboxylic acids is 1. The van der Waals surface area contributed by atoms with Gasteiger partial charge in [0, 0.05) is 57.6 Å². The molecule has 1 unspecified atom stereocenters. The van der Waals surface area contributed by atoms with Crippen LogP contribution in [0.1, 0.15) is 41.2 Å². The van der Waals surface area contributed by atoms with Crippen LogP contribution in [0.2, 0.25) is 0 Å².